The van der Waals surface area contributed by atoms with E-state index in [-0.39, 0.29) is 0 Å². The van der Waals surface area contributed by atoms with Gasteiger partial charge in [0.15, 0.2) is 0 Å². The highest BCUT2D eigenvalue weighted by Crippen LogP contribution is 2.34. The Labute approximate surface area is 86.1 Å². The second-order valence-corrected chi connectivity index (χ2v) is 3.92. The van der Waals surface area contributed by atoms with Crippen LogP contribution in [0.15, 0.2) is 24.8 Å². The molecular formula is C13H17N. The molecule has 1 heteroatoms. The summed E-state index contributed by atoms with van der Waals surface area (Å²) < 4.78 is 0. The molecule has 0 unspecified atom stereocenters. The summed E-state index contributed by atoms with van der Waals surface area (Å²) in [6.45, 7) is 10.6. The zero-order valence-corrected chi connectivity index (χ0v) is 9.01. The fourth-order valence-electron chi connectivity index (χ4n) is 2.19. The Balaban J connectivity index is 2.54. The first kappa shape index (κ1) is 9.32. The van der Waals surface area contributed by atoms with Crippen molar-refractivity contribution in [2.24, 2.45) is 0 Å². The van der Waals surface area contributed by atoms with Gasteiger partial charge in [-0.25, -0.2) is 0 Å². The largest absolute Gasteiger partial charge is 0.371 e. The number of benzene rings is 1. The summed E-state index contributed by atoms with van der Waals surface area (Å²) in [6.07, 6.45) is 1.18. The molecule has 0 saturated heterocycles. The lowest BCUT2D eigenvalue weighted by molar-refractivity contribution is 0.867. The molecule has 0 aliphatic carbocycles. The van der Waals surface area contributed by atoms with E-state index >= 15 is 0 Å². The molecule has 0 spiro atoms. The standard InChI is InChI=1S/C13H17N/c1-4-14-9-8-11-6-5-7-12(10(2)3)13(11)14/h5-7H,2,4,8-9H2,1,3H3. The molecule has 0 atom stereocenters. The van der Waals surface area contributed by atoms with Crippen molar-refractivity contribution in [1.82, 2.24) is 0 Å². The Kier molecular flexibility index (Phi) is 2.32. The molecule has 0 bridgehead atoms. The maximum absolute atomic E-state index is 4.04. The molecule has 0 N–H and O–H groups in total. The van der Waals surface area contributed by atoms with Crippen LogP contribution in [0.4, 0.5) is 5.69 Å². The SMILES string of the molecule is C=C(C)c1cccc2c1N(CC)CC2. The van der Waals surface area contributed by atoms with Crippen LogP contribution in [0.1, 0.15) is 25.0 Å². The van der Waals surface area contributed by atoms with Crippen LogP contribution in [0.25, 0.3) is 5.57 Å². The van der Waals surface area contributed by atoms with Crippen LogP contribution in [0, 0.1) is 0 Å². The Morgan fingerprint density at radius 3 is 2.93 bits per heavy atom. The third-order valence-corrected chi connectivity index (χ3v) is 2.93. The number of anilines is 1. The zero-order valence-electron chi connectivity index (χ0n) is 9.01. The quantitative estimate of drug-likeness (QED) is 0.687. The number of rotatable bonds is 2. The maximum atomic E-state index is 4.04. The number of nitrogens with zero attached hydrogens (tertiary/aromatic N) is 1. The summed E-state index contributed by atoms with van der Waals surface area (Å²) in [4.78, 5) is 2.44. The summed E-state index contributed by atoms with van der Waals surface area (Å²) in [6, 6.07) is 6.55. The molecule has 0 saturated carbocycles. The number of hydrogen-bond donors (Lipinski definition) is 0. The summed E-state index contributed by atoms with van der Waals surface area (Å²) in [7, 11) is 0. The Bertz CT molecular complexity index is 365. The lowest BCUT2D eigenvalue weighted by Crippen LogP contribution is -2.20. The van der Waals surface area contributed by atoms with Gasteiger partial charge in [-0.05, 0) is 31.4 Å². The molecule has 1 nitrogen and oxygen atoms in total. The highest BCUT2D eigenvalue weighted by atomic mass is 15.1. The highest BCUT2D eigenvalue weighted by molar-refractivity contribution is 5.78. The summed E-state index contributed by atoms with van der Waals surface area (Å²) in [5.74, 6) is 0. The van der Waals surface area contributed by atoms with E-state index in [1.165, 1.54) is 28.8 Å². The van der Waals surface area contributed by atoms with E-state index in [9.17, 15) is 0 Å². The van der Waals surface area contributed by atoms with Crippen LogP contribution in [0.5, 0.6) is 0 Å². The molecule has 1 heterocycles. The van der Waals surface area contributed by atoms with E-state index in [0.717, 1.165) is 13.1 Å². The van der Waals surface area contributed by atoms with Crippen LogP contribution in [-0.4, -0.2) is 13.1 Å². The average Bonchev–Trinajstić information content (AvgIpc) is 2.59. The van der Waals surface area contributed by atoms with Crippen LogP contribution < -0.4 is 4.90 Å². The Morgan fingerprint density at radius 1 is 1.50 bits per heavy atom. The minimum atomic E-state index is 1.09. The molecule has 1 aromatic rings. The van der Waals surface area contributed by atoms with Gasteiger partial charge in [0.2, 0.25) is 0 Å². The van der Waals surface area contributed by atoms with Crippen molar-refractivity contribution in [3.8, 4) is 0 Å². The van der Waals surface area contributed by atoms with Crippen molar-refractivity contribution in [1.29, 1.82) is 0 Å². The Hall–Kier alpha value is -1.24. The first-order valence-electron chi connectivity index (χ1n) is 5.26. The van der Waals surface area contributed by atoms with Crippen LogP contribution in [0.2, 0.25) is 0 Å². The molecule has 1 aliphatic heterocycles. The van der Waals surface area contributed by atoms with Gasteiger partial charge in [-0.1, -0.05) is 24.8 Å². The fourth-order valence-corrected chi connectivity index (χ4v) is 2.19. The molecule has 0 aromatic heterocycles. The van der Waals surface area contributed by atoms with E-state index in [0.29, 0.717) is 0 Å². The van der Waals surface area contributed by atoms with Gasteiger partial charge >= 0.3 is 0 Å². The lowest BCUT2D eigenvalue weighted by atomic mass is 10.0. The van der Waals surface area contributed by atoms with Gasteiger partial charge in [0, 0.05) is 24.3 Å². The van der Waals surface area contributed by atoms with E-state index < -0.39 is 0 Å². The maximum Gasteiger partial charge on any atom is 0.0475 e. The number of hydrogen-bond acceptors (Lipinski definition) is 1. The summed E-state index contributed by atoms with van der Waals surface area (Å²) in [5.41, 5.74) is 5.39. The number of fused-ring (bicyclic) bond motifs is 1. The molecule has 0 radical (unpaired) electrons. The minimum absolute atomic E-state index is 1.09. The zero-order chi connectivity index (χ0) is 10.1. The third kappa shape index (κ3) is 1.33. The van der Waals surface area contributed by atoms with Crippen molar-refractivity contribution in [3.63, 3.8) is 0 Å². The predicted octanol–water partition coefficient (Wildman–Crippen LogP) is 3.10. The van der Waals surface area contributed by atoms with E-state index in [1.807, 2.05) is 0 Å². The first-order chi connectivity index (χ1) is 6.74. The molecular weight excluding hydrogens is 170 g/mol. The van der Waals surface area contributed by atoms with Crippen molar-refractivity contribution < 1.29 is 0 Å². The van der Waals surface area contributed by atoms with Crippen molar-refractivity contribution >= 4 is 11.3 Å². The highest BCUT2D eigenvalue weighted by Gasteiger charge is 2.20. The van der Waals surface area contributed by atoms with E-state index in [4.69, 9.17) is 0 Å². The Morgan fingerprint density at radius 2 is 2.29 bits per heavy atom. The van der Waals surface area contributed by atoms with Gasteiger partial charge in [0.05, 0.1) is 0 Å². The molecule has 1 aliphatic rings. The minimum Gasteiger partial charge on any atom is -0.371 e. The van der Waals surface area contributed by atoms with E-state index in [2.05, 4.69) is 43.5 Å². The van der Waals surface area contributed by atoms with Crippen molar-refractivity contribution in [2.45, 2.75) is 20.3 Å². The van der Waals surface area contributed by atoms with E-state index in [1.54, 1.807) is 0 Å². The van der Waals surface area contributed by atoms with Gasteiger partial charge in [0.25, 0.3) is 0 Å². The van der Waals surface area contributed by atoms with Crippen LogP contribution >= 0.6 is 0 Å². The van der Waals surface area contributed by atoms with Crippen LogP contribution in [-0.2, 0) is 6.42 Å². The summed E-state index contributed by atoms with van der Waals surface area (Å²) in [5, 5.41) is 0. The van der Waals surface area contributed by atoms with Gasteiger partial charge in [-0.2, -0.15) is 0 Å². The topological polar surface area (TPSA) is 3.24 Å². The summed E-state index contributed by atoms with van der Waals surface area (Å²) >= 11 is 0. The average molecular weight is 187 g/mol. The fraction of sp³-hybridized carbons (Fsp3) is 0.385. The molecule has 0 amide bonds. The number of allylic oxidation sites excluding steroid dienone is 1. The number of likely N-dealkylation sites (N-methyl/N-ethyl adjacent to an activating group) is 1. The van der Waals surface area contributed by atoms with Gasteiger partial charge in [0.1, 0.15) is 0 Å². The molecule has 74 valence electrons. The van der Waals surface area contributed by atoms with Gasteiger partial charge in [-0.15, -0.1) is 0 Å². The van der Waals surface area contributed by atoms with Gasteiger partial charge in [-0.3, -0.25) is 0 Å². The lowest BCUT2D eigenvalue weighted by Gasteiger charge is -2.20. The smallest absolute Gasteiger partial charge is 0.0475 e. The third-order valence-electron chi connectivity index (χ3n) is 2.93. The monoisotopic (exact) mass is 187 g/mol. The molecule has 14 heavy (non-hydrogen) atoms. The molecule has 1 aromatic carbocycles. The molecule has 0 fully saturated rings. The van der Waals surface area contributed by atoms with Crippen molar-refractivity contribution in [2.75, 3.05) is 18.0 Å². The van der Waals surface area contributed by atoms with Gasteiger partial charge < -0.3 is 4.90 Å². The van der Waals surface area contributed by atoms with Crippen LogP contribution in [0.3, 0.4) is 0 Å². The second kappa shape index (κ2) is 3.49. The first-order valence-corrected chi connectivity index (χ1v) is 5.26. The van der Waals surface area contributed by atoms with Crippen molar-refractivity contribution in [3.05, 3.63) is 35.9 Å². The number of para-hydroxylation sites is 1. The molecule has 2 rings (SSSR count). The normalized spacial score (nSPS) is 14.3. The predicted molar refractivity (Wildman–Crippen MR) is 62.7 cm³/mol. The second-order valence-electron chi connectivity index (χ2n) is 3.92.